The highest BCUT2D eigenvalue weighted by Gasteiger charge is 2.35. The van der Waals surface area contributed by atoms with Gasteiger partial charge in [-0.25, -0.2) is 22.0 Å². The fraction of sp³-hybridized carbons (Fsp3) is 0.167. The van der Waals surface area contributed by atoms with Gasteiger partial charge in [0.05, 0.1) is 5.56 Å². The van der Waals surface area contributed by atoms with Crippen molar-refractivity contribution < 1.29 is 27.1 Å². The molecule has 8 heteroatoms. The van der Waals surface area contributed by atoms with Crippen molar-refractivity contribution in [2.24, 2.45) is 5.73 Å². The molecular formula is C12H7F5INO. The molecule has 2 rings (SSSR count). The van der Waals surface area contributed by atoms with Crippen molar-refractivity contribution in [1.82, 2.24) is 0 Å². The van der Waals surface area contributed by atoms with Crippen LogP contribution in [0.1, 0.15) is 5.56 Å². The van der Waals surface area contributed by atoms with Crippen molar-refractivity contribution in [3.8, 4) is 0 Å². The molecule has 0 spiro atoms. The maximum Gasteiger partial charge on any atom is 0.195 e. The van der Waals surface area contributed by atoms with Gasteiger partial charge in [0.1, 0.15) is 21.3 Å². The van der Waals surface area contributed by atoms with Crippen molar-refractivity contribution in [3.05, 3.63) is 52.9 Å². The molecule has 0 aromatic heterocycles. The molecule has 1 aliphatic rings. The van der Waals surface area contributed by atoms with Gasteiger partial charge < -0.3 is 10.8 Å². The van der Waals surface area contributed by atoms with E-state index in [1.54, 1.807) is 0 Å². The molecule has 0 amide bonds. The van der Waals surface area contributed by atoms with E-state index < -0.39 is 49.9 Å². The summed E-state index contributed by atoms with van der Waals surface area (Å²) in [6.07, 6.45) is 0.0668. The molecular weight excluding hydrogens is 396 g/mol. The molecule has 20 heavy (non-hydrogen) atoms. The minimum absolute atomic E-state index is 0.109. The van der Waals surface area contributed by atoms with Gasteiger partial charge in [-0.05, 0) is 12.2 Å². The Morgan fingerprint density at radius 3 is 2.30 bits per heavy atom. The van der Waals surface area contributed by atoms with Crippen molar-refractivity contribution >= 4 is 28.2 Å². The van der Waals surface area contributed by atoms with Crippen molar-refractivity contribution in [1.29, 1.82) is 0 Å². The minimum Gasteiger partial charge on any atom is -0.386 e. The summed E-state index contributed by atoms with van der Waals surface area (Å²) >= 11 is 1.54. The second-order valence-corrected chi connectivity index (χ2v) is 6.06. The molecule has 0 fully saturated rings. The Morgan fingerprint density at radius 2 is 1.70 bits per heavy atom. The maximum absolute atomic E-state index is 13.7. The van der Waals surface area contributed by atoms with Gasteiger partial charge >= 0.3 is 0 Å². The molecule has 3 N–H and O–H groups in total. The lowest BCUT2D eigenvalue weighted by molar-refractivity contribution is 0.198. The molecule has 1 aromatic carbocycles. The first kappa shape index (κ1) is 15.4. The number of allylic oxidation sites excluding steroid dienone is 2. The van der Waals surface area contributed by atoms with Gasteiger partial charge in [-0.3, -0.25) is 0 Å². The quantitative estimate of drug-likeness (QED) is 0.189. The summed E-state index contributed by atoms with van der Waals surface area (Å²) in [7, 11) is 0. The SMILES string of the molecule is NC1(I)C=C(c2c(F)cc(F)c(F)c2F)C(F)=CC1O. The van der Waals surface area contributed by atoms with Crippen LogP contribution in [-0.2, 0) is 0 Å². The van der Waals surface area contributed by atoms with Gasteiger partial charge in [0.25, 0.3) is 0 Å². The van der Waals surface area contributed by atoms with Gasteiger partial charge in [0.2, 0.25) is 0 Å². The summed E-state index contributed by atoms with van der Waals surface area (Å²) in [6.45, 7) is 0. The molecule has 108 valence electrons. The van der Waals surface area contributed by atoms with E-state index in [0.717, 1.165) is 6.08 Å². The van der Waals surface area contributed by atoms with Crippen LogP contribution in [0, 0.1) is 23.3 Å². The predicted octanol–water partition coefficient (Wildman–Crippen LogP) is 2.94. The minimum atomic E-state index is -1.92. The Labute approximate surface area is 123 Å². The molecule has 0 bridgehead atoms. The van der Waals surface area contributed by atoms with Gasteiger partial charge in [-0.1, -0.05) is 22.6 Å². The Kier molecular flexibility index (Phi) is 3.91. The average molecular weight is 403 g/mol. The second kappa shape index (κ2) is 5.08. The molecule has 2 atom stereocenters. The largest absolute Gasteiger partial charge is 0.386 e. The molecule has 2 nitrogen and oxygen atoms in total. The monoisotopic (exact) mass is 403 g/mol. The zero-order valence-corrected chi connectivity index (χ0v) is 11.8. The molecule has 0 aliphatic heterocycles. The van der Waals surface area contributed by atoms with E-state index in [-0.39, 0.29) is 6.07 Å². The second-order valence-electron chi connectivity index (χ2n) is 4.19. The van der Waals surface area contributed by atoms with E-state index in [2.05, 4.69) is 0 Å². The van der Waals surface area contributed by atoms with Crippen molar-refractivity contribution in [2.45, 2.75) is 9.65 Å². The van der Waals surface area contributed by atoms with Crippen LogP contribution in [0.25, 0.3) is 5.57 Å². The number of halogens is 6. The average Bonchev–Trinajstić information content (AvgIpc) is 2.33. The first-order chi connectivity index (χ1) is 9.15. The summed E-state index contributed by atoms with van der Waals surface area (Å²) in [4.78, 5) is 0. The molecule has 0 radical (unpaired) electrons. The topological polar surface area (TPSA) is 46.2 Å². The third-order valence-electron chi connectivity index (χ3n) is 2.76. The molecule has 0 saturated heterocycles. The lowest BCUT2D eigenvalue weighted by Crippen LogP contribution is -2.44. The third-order valence-corrected chi connectivity index (χ3v) is 3.71. The Bertz CT molecular complexity index is 641. The van der Waals surface area contributed by atoms with E-state index in [9.17, 15) is 27.1 Å². The Hall–Kier alpha value is -1.00. The smallest absolute Gasteiger partial charge is 0.195 e. The van der Waals surface area contributed by atoms with Crippen LogP contribution < -0.4 is 5.73 Å². The van der Waals surface area contributed by atoms with Crippen LogP contribution in [0.15, 0.2) is 24.0 Å². The standard InChI is InChI=1S/C12H7F5INO/c13-5-2-8(20)12(18,19)3-4(5)9-6(14)1-7(15)10(16)11(9)17/h1-3,8,20H,19H2. The highest BCUT2D eigenvalue weighted by molar-refractivity contribution is 14.1. The van der Waals surface area contributed by atoms with Crippen LogP contribution in [0.2, 0.25) is 0 Å². The van der Waals surface area contributed by atoms with Crippen LogP contribution in [0.5, 0.6) is 0 Å². The van der Waals surface area contributed by atoms with E-state index in [1.807, 2.05) is 0 Å². The van der Waals surface area contributed by atoms with Crippen molar-refractivity contribution in [3.63, 3.8) is 0 Å². The Morgan fingerprint density at radius 1 is 1.10 bits per heavy atom. The number of benzene rings is 1. The molecule has 0 saturated carbocycles. The summed E-state index contributed by atoms with van der Waals surface area (Å²) in [5, 5.41) is 9.49. The Balaban J connectivity index is 2.69. The third kappa shape index (κ3) is 2.47. The summed E-state index contributed by atoms with van der Waals surface area (Å²) in [5.41, 5.74) is 3.86. The first-order valence-corrected chi connectivity index (χ1v) is 6.32. The van der Waals surface area contributed by atoms with E-state index in [4.69, 9.17) is 5.73 Å². The number of alkyl halides is 1. The normalized spacial score (nSPS) is 26.3. The van der Waals surface area contributed by atoms with Crippen LogP contribution >= 0.6 is 22.6 Å². The fourth-order valence-corrected chi connectivity index (χ4v) is 2.23. The van der Waals surface area contributed by atoms with Gasteiger partial charge in [0.15, 0.2) is 17.5 Å². The maximum atomic E-state index is 13.7. The number of nitrogens with two attached hydrogens (primary N) is 1. The fourth-order valence-electron chi connectivity index (χ4n) is 1.74. The molecule has 1 aromatic rings. The van der Waals surface area contributed by atoms with Crippen LogP contribution in [0.4, 0.5) is 22.0 Å². The van der Waals surface area contributed by atoms with Crippen LogP contribution in [0.3, 0.4) is 0 Å². The lowest BCUT2D eigenvalue weighted by atomic mass is 9.93. The first-order valence-electron chi connectivity index (χ1n) is 5.25. The van der Waals surface area contributed by atoms with Gasteiger partial charge in [0, 0.05) is 11.6 Å². The van der Waals surface area contributed by atoms with E-state index in [1.165, 1.54) is 22.6 Å². The number of aliphatic hydroxyl groups excluding tert-OH is 1. The number of hydrogen-bond acceptors (Lipinski definition) is 2. The lowest BCUT2D eigenvalue weighted by Gasteiger charge is -2.28. The summed E-state index contributed by atoms with van der Waals surface area (Å²) < 4.78 is 65.5. The summed E-state index contributed by atoms with van der Waals surface area (Å²) in [6, 6.07) is 0.109. The predicted molar refractivity (Wildman–Crippen MR) is 70.4 cm³/mol. The number of rotatable bonds is 1. The zero-order chi connectivity index (χ0) is 15.2. The van der Waals surface area contributed by atoms with E-state index in [0.29, 0.717) is 6.08 Å². The summed E-state index contributed by atoms with van der Waals surface area (Å²) in [5.74, 6) is -8.16. The van der Waals surface area contributed by atoms with Gasteiger partial charge in [-0.15, -0.1) is 0 Å². The van der Waals surface area contributed by atoms with E-state index >= 15 is 0 Å². The number of hydrogen-bond donors (Lipinski definition) is 2. The number of aliphatic hydroxyl groups is 1. The molecule has 0 heterocycles. The van der Waals surface area contributed by atoms with Crippen molar-refractivity contribution in [2.75, 3.05) is 0 Å². The highest BCUT2D eigenvalue weighted by atomic mass is 127. The van der Waals surface area contributed by atoms with Crippen LogP contribution in [-0.4, -0.2) is 14.8 Å². The zero-order valence-electron chi connectivity index (χ0n) is 9.60. The van der Waals surface area contributed by atoms with Gasteiger partial charge in [-0.2, -0.15) is 0 Å². The molecule has 1 aliphatic carbocycles. The molecule has 2 unspecified atom stereocenters. The highest BCUT2D eigenvalue weighted by Crippen LogP contribution is 2.38.